The zero-order valence-corrected chi connectivity index (χ0v) is 23.9. The van der Waals surface area contributed by atoms with Gasteiger partial charge in [-0.05, 0) is 89.9 Å². The van der Waals surface area contributed by atoms with Gasteiger partial charge >= 0.3 is 12.1 Å². The van der Waals surface area contributed by atoms with Crippen molar-refractivity contribution in [3.8, 4) is 0 Å². The third-order valence-electron chi connectivity index (χ3n) is 5.88. The molecule has 1 aliphatic heterocycles. The molecule has 1 heterocycles. The van der Waals surface area contributed by atoms with Gasteiger partial charge in [-0.2, -0.15) is 0 Å². The number of rotatable bonds is 7. The molecule has 2 aromatic carbocycles. The van der Waals surface area contributed by atoms with E-state index in [1.807, 2.05) is 0 Å². The second-order valence-corrected chi connectivity index (χ2v) is 11.8. The molecule has 3 amide bonds. The van der Waals surface area contributed by atoms with Gasteiger partial charge in [0.25, 0.3) is 0 Å². The van der Waals surface area contributed by atoms with E-state index < -0.39 is 41.3 Å². The van der Waals surface area contributed by atoms with Crippen molar-refractivity contribution in [3.05, 3.63) is 59.7 Å². The number of hydrogen-bond donors (Lipinski definition) is 3. The fourth-order valence-electron chi connectivity index (χ4n) is 4.05. The van der Waals surface area contributed by atoms with Crippen LogP contribution in [0.5, 0.6) is 0 Å². The molecule has 1 aliphatic rings. The Morgan fingerprint density at radius 1 is 0.950 bits per heavy atom. The molecule has 3 N–H and O–H groups in total. The van der Waals surface area contributed by atoms with E-state index in [0.717, 1.165) is 5.56 Å². The Bertz CT molecular complexity index is 1210. The summed E-state index contributed by atoms with van der Waals surface area (Å²) < 4.78 is 10.7. The van der Waals surface area contributed by atoms with Crippen LogP contribution in [0.2, 0.25) is 0 Å². The Kier molecular flexibility index (Phi) is 9.57. The number of aliphatic hydroxyl groups excluding tert-OH is 1. The first-order valence-corrected chi connectivity index (χ1v) is 13.3. The minimum atomic E-state index is -0.974. The summed E-state index contributed by atoms with van der Waals surface area (Å²) in [6, 6.07) is 12.5. The lowest BCUT2D eigenvalue weighted by Crippen LogP contribution is -2.47. The van der Waals surface area contributed by atoms with E-state index in [0.29, 0.717) is 29.9 Å². The molecule has 0 spiro atoms. The zero-order chi connectivity index (χ0) is 29.7. The molecule has 40 heavy (non-hydrogen) atoms. The van der Waals surface area contributed by atoms with Gasteiger partial charge in [-0.1, -0.05) is 12.1 Å². The smallest absolute Gasteiger partial charge is 0.408 e. The van der Waals surface area contributed by atoms with Crippen LogP contribution in [0.25, 0.3) is 0 Å². The standard InChI is InChI=1S/C30H39N3O7/c1-29(2,3)39-27(37)20-9-11-21(12-10-20)31-26(36)24(32-28(38)40-30(4,5)6)17-19-7-13-22(14-8-19)33-16-15-23(34)18-25(33)35/h7-14,23-24,34H,15-18H2,1-6H3,(H,31,36)(H,32,38)/t23?,24-/m0/s1. The van der Waals surface area contributed by atoms with Gasteiger partial charge in [-0.15, -0.1) is 0 Å². The molecule has 0 aliphatic carbocycles. The molecule has 0 bridgehead atoms. The highest BCUT2D eigenvalue weighted by atomic mass is 16.6. The van der Waals surface area contributed by atoms with Crippen LogP contribution >= 0.6 is 0 Å². The molecule has 1 saturated heterocycles. The Hall–Kier alpha value is -3.92. The third kappa shape index (κ3) is 9.37. The van der Waals surface area contributed by atoms with Crippen LogP contribution in [0.15, 0.2) is 48.5 Å². The summed E-state index contributed by atoms with van der Waals surface area (Å²) in [7, 11) is 0. The summed E-state index contributed by atoms with van der Waals surface area (Å²) >= 11 is 0. The summed E-state index contributed by atoms with van der Waals surface area (Å²) in [6.07, 6.45) is -0.595. The minimum Gasteiger partial charge on any atom is -0.456 e. The van der Waals surface area contributed by atoms with E-state index in [9.17, 15) is 24.3 Å². The van der Waals surface area contributed by atoms with Crippen molar-refractivity contribution in [2.45, 2.75) is 84.2 Å². The van der Waals surface area contributed by atoms with E-state index in [-0.39, 0.29) is 18.7 Å². The summed E-state index contributed by atoms with van der Waals surface area (Å²) in [5.74, 6) is -1.09. The van der Waals surface area contributed by atoms with E-state index in [1.54, 1.807) is 95.0 Å². The number of amides is 3. The molecule has 0 saturated carbocycles. The predicted octanol–water partition coefficient (Wildman–Crippen LogP) is 4.20. The van der Waals surface area contributed by atoms with E-state index in [4.69, 9.17) is 9.47 Å². The number of carbonyl (C=O) groups is 4. The number of nitrogens with one attached hydrogen (secondary N) is 2. The molecule has 3 rings (SSSR count). The highest BCUT2D eigenvalue weighted by Gasteiger charge is 2.27. The first kappa shape index (κ1) is 30.6. The van der Waals surface area contributed by atoms with Crippen LogP contribution < -0.4 is 15.5 Å². The lowest BCUT2D eigenvalue weighted by molar-refractivity contribution is -0.122. The Balaban J connectivity index is 1.73. The van der Waals surface area contributed by atoms with E-state index in [2.05, 4.69) is 10.6 Å². The fourth-order valence-corrected chi connectivity index (χ4v) is 4.05. The van der Waals surface area contributed by atoms with E-state index >= 15 is 0 Å². The average Bonchev–Trinajstić information content (AvgIpc) is 2.82. The van der Waals surface area contributed by atoms with Gasteiger partial charge in [0.15, 0.2) is 0 Å². The largest absolute Gasteiger partial charge is 0.456 e. The van der Waals surface area contributed by atoms with Gasteiger partial charge in [0.2, 0.25) is 11.8 Å². The van der Waals surface area contributed by atoms with Crippen LogP contribution in [0.4, 0.5) is 16.2 Å². The molecule has 0 radical (unpaired) electrons. The second kappa shape index (κ2) is 12.5. The summed E-state index contributed by atoms with van der Waals surface area (Å²) in [5, 5.41) is 15.1. The quantitative estimate of drug-likeness (QED) is 0.438. The summed E-state index contributed by atoms with van der Waals surface area (Å²) in [4.78, 5) is 52.0. The number of alkyl carbamates (subject to hydrolysis) is 1. The molecule has 10 nitrogen and oxygen atoms in total. The Labute approximate surface area is 235 Å². The van der Waals surface area contributed by atoms with Crippen molar-refractivity contribution < 1.29 is 33.8 Å². The summed E-state index contributed by atoms with van der Waals surface area (Å²) in [6.45, 7) is 11.0. The molecule has 1 fully saturated rings. The maximum Gasteiger partial charge on any atom is 0.408 e. The van der Waals surface area contributed by atoms with Gasteiger partial charge in [-0.25, -0.2) is 9.59 Å². The Morgan fingerprint density at radius 3 is 2.10 bits per heavy atom. The molecule has 1 unspecified atom stereocenters. The molecule has 10 heteroatoms. The molecule has 216 valence electrons. The van der Waals surface area contributed by atoms with Gasteiger partial charge < -0.3 is 30.1 Å². The Morgan fingerprint density at radius 2 is 1.55 bits per heavy atom. The van der Waals surface area contributed by atoms with Crippen molar-refractivity contribution in [1.82, 2.24) is 5.32 Å². The van der Waals surface area contributed by atoms with Crippen LogP contribution in [0, 0.1) is 0 Å². The van der Waals surface area contributed by atoms with E-state index in [1.165, 1.54) is 0 Å². The number of hydrogen-bond acceptors (Lipinski definition) is 7. The van der Waals surface area contributed by atoms with Crippen LogP contribution in [-0.4, -0.2) is 58.9 Å². The second-order valence-electron chi connectivity index (χ2n) is 11.8. The van der Waals surface area contributed by atoms with Crippen LogP contribution in [0.3, 0.4) is 0 Å². The maximum absolute atomic E-state index is 13.3. The van der Waals surface area contributed by atoms with Gasteiger partial charge in [-0.3, -0.25) is 9.59 Å². The molecular formula is C30H39N3O7. The average molecular weight is 554 g/mol. The summed E-state index contributed by atoms with van der Waals surface area (Å²) in [5.41, 5.74) is 0.858. The first-order chi connectivity index (χ1) is 18.6. The number of ether oxygens (including phenoxy) is 2. The number of esters is 1. The van der Waals surface area contributed by atoms with Crippen molar-refractivity contribution in [2.75, 3.05) is 16.8 Å². The monoisotopic (exact) mass is 553 g/mol. The SMILES string of the molecule is CC(C)(C)OC(=O)N[C@@H](Cc1ccc(N2CCC(O)CC2=O)cc1)C(=O)Nc1ccc(C(=O)OC(C)(C)C)cc1. The van der Waals surface area contributed by atoms with Gasteiger partial charge in [0, 0.05) is 24.3 Å². The highest BCUT2D eigenvalue weighted by Crippen LogP contribution is 2.22. The molecule has 2 aromatic rings. The molecule has 0 aromatic heterocycles. The number of piperidine rings is 1. The molecular weight excluding hydrogens is 514 g/mol. The number of anilines is 2. The van der Waals surface area contributed by atoms with Gasteiger partial charge in [0.05, 0.1) is 18.1 Å². The van der Waals surface area contributed by atoms with Gasteiger partial charge in [0.1, 0.15) is 17.2 Å². The van der Waals surface area contributed by atoms with Crippen molar-refractivity contribution in [1.29, 1.82) is 0 Å². The lowest BCUT2D eigenvalue weighted by Gasteiger charge is -2.29. The number of benzene rings is 2. The lowest BCUT2D eigenvalue weighted by atomic mass is 10.0. The van der Waals surface area contributed by atoms with Crippen molar-refractivity contribution >= 4 is 35.3 Å². The maximum atomic E-state index is 13.3. The predicted molar refractivity (Wildman–Crippen MR) is 151 cm³/mol. The van der Waals surface area contributed by atoms with Crippen molar-refractivity contribution in [2.24, 2.45) is 0 Å². The van der Waals surface area contributed by atoms with Crippen LogP contribution in [0.1, 0.15) is 70.3 Å². The molecule has 2 atom stereocenters. The van der Waals surface area contributed by atoms with Crippen molar-refractivity contribution in [3.63, 3.8) is 0 Å². The van der Waals surface area contributed by atoms with Crippen LogP contribution in [-0.2, 0) is 25.5 Å². The first-order valence-electron chi connectivity index (χ1n) is 13.3. The third-order valence-corrected chi connectivity index (χ3v) is 5.88. The normalized spacial score (nSPS) is 16.6. The highest BCUT2D eigenvalue weighted by molar-refractivity contribution is 5.98. The minimum absolute atomic E-state index is 0.0859. The number of aliphatic hydroxyl groups is 1. The fraction of sp³-hybridized carbons (Fsp3) is 0.467. The number of carbonyl (C=O) groups excluding carboxylic acids is 4. The number of nitrogens with zero attached hydrogens (tertiary/aromatic N) is 1. The zero-order valence-electron chi connectivity index (χ0n) is 23.9. The topological polar surface area (TPSA) is 134 Å².